The normalized spacial score (nSPS) is 35.0. The maximum atomic E-state index is 11.7. The van der Waals surface area contributed by atoms with E-state index < -0.39 is 11.0 Å². The molecule has 1 saturated carbocycles. The van der Waals surface area contributed by atoms with Crippen LogP contribution in [0.1, 0.15) is 25.7 Å². The fourth-order valence-electron chi connectivity index (χ4n) is 2.52. The van der Waals surface area contributed by atoms with Gasteiger partial charge < -0.3 is 14.6 Å². The van der Waals surface area contributed by atoms with Crippen molar-refractivity contribution < 1.29 is 19.4 Å². The highest BCUT2D eigenvalue weighted by Crippen LogP contribution is 2.53. The molecule has 0 aromatic heterocycles. The Morgan fingerprint density at radius 2 is 2.14 bits per heavy atom. The van der Waals surface area contributed by atoms with Crippen LogP contribution in [0.3, 0.4) is 0 Å². The molecule has 80 valence electrons. The molecule has 1 aliphatic heterocycles. The Morgan fingerprint density at radius 3 is 2.50 bits per heavy atom. The van der Waals surface area contributed by atoms with E-state index in [1.807, 2.05) is 0 Å². The van der Waals surface area contributed by atoms with Crippen LogP contribution in [-0.4, -0.2) is 37.0 Å². The quantitative estimate of drug-likeness (QED) is 0.659. The van der Waals surface area contributed by atoms with Crippen LogP contribution in [-0.2, 0) is 14.3 Å². The first-order chi connectivity index (χ1) is 6.65. The second-order valence-corrected chi connectivity index (χ2v) is 4.26. The van der Waals surface area contributed by atoms with Gasteiger partial charge in [-0.05, 0) is 12.8 Å². The van der Waals surface area contributed by atoms with Crippen LogP contribution >= 0.6 is 0 Å². The highest BCUT2D eigenvalue weighted by atomic mass is 16.5. The third-order valence-corrected chi connectivity index (χ3v) is 3.67. The molecule has 0 bridgehead atoms. The molecule has 1 atom stereocenters. The zero-order chi connectivity index (χ0) is 10.2. The number of methoxy groups -OCH3 is 1. The number of ether oxygens (including phenoxy) is 2. The molecule has 14 heavy (non-hydrogen) atoms. The second-order valence-electron chi connectivity index (χ2n) is 4.26. The Morgan fingerprint density at radius 1 is 1.43 bits per heavy atom. The van der Waals surface area contributed by atoms with Gasteiger partial charge in [0.1, 0.15) is 5.60 Å². The second kappa shape index (κ2) is 3.21. The summed E-state index contributed by atoms with van der Waals surface area (Å²) in [7, 11) is 1.38. The first-order valence-corrected chi connectivity index (χ1v) is 5.03. The fourth-order valence-corrected chi connectivity index (χ4v) is 2.52. The highest BCUT2D eigenvalue weighted by molar-refractivity contribution is 5.79. The molecule has 0 spiro atoms. The first-order valence-electron chi connectivity index (χ1n) is 5.03. The summed E-state index contributed by atoms with van der Waals surface area (Å²) in [5, 5.41) is 10.3. The lowest BCUT2D eigenvalue weighted by Gasteiger charge is -2.48. The summed E-state index contributed by atoms with van der Waals surface area (Å²) in [5.74, 6) is -0.281. The van der Waals surface area contributed by atoms with Crippen LogP contribution in [0.5, 0.6) is 0 Å². The van der Waals surface area contributed by atoms with Crippen molar-refractivity contribution in [2.24, 2.45) is 5.41 Å². The predicted octanol–water partition coefficient (Wildman–Crippen LogP) is 0.481. The van der Waals surface area contributed by atoms with E-state index in [4.69, 9.17) is 9.47 Å². The zero-order valence-corrected chi connectivity index (χ0v) is 8.41. The summed E-state index contributed by atoms with van der Waals surface area (Å²) in [4.78, 5) is 11.7. The van der Waals surface area contributed by atoms with Gasteiger partial charge >= 0.3 is 5.97 Å². The van der Waals surface area contributed by atoms with Gasteiger partial charge in [0.05, 0.1) is 19.1 Å². The van der Waals surface area contributed by atoms with Crippen molar-refractivity contribution in [2.45, 2.75) is 31.3 Å². The van der Waals surface area contributed by atoms with Crippen molar-refractivity contribution in [2.75, 3.05) is 20.3 Å². The van der Waals surface area contributed by atoms with Crippen LogP contribution in [0.2, 0.25) is 0 Å². The van der Waals surface area contributed by atoms with Crippen molar-refractivity contribution in [1.82, 2.24) is 0 Å². The lowest BCUT2D eigenvalue weighted by molar-refractivity contribution is -0.187. The molecule has 1 unspecified atom stereocenters. The lowest BCUT2D eigenvalue weighted by atomic mass is 9.58. The lowest BCUT2D eigenvalue weighted by Crippen LogP contribution is -2.58. The van der Waals surface area contributed by atoms with Crippen LogP contribution in [0.15, 0.2) is 0 Å². The monoisotopic (exact) mass is 200 g/mol. The van der Waals surface area contributed by atoms with Gasteiger partial charge in [-0.2, -0.15) is 0 Å². The Hall–Kier alpha value is -0.610. The van der Waals surface area contributed by atoms with Crippen molar-refractivity contribution >= 4 is 5.97 Å². The molecule has 1 saturated heterocycles. The van der Waals surface area contributed by atoms with Gasteiger partial charge in [-0.3, -0.25) is 4.79 Å². The minimum atomic E-state index is -0.988. The summed E-state index contributed by atoms with van der Waals surface area (Å²) in [6, 6.07) is 0. The van der Waals surface area contributed by atoms with Gasteiger partial charge in [0.2, 0.25) is 0 Å². The highest BCUT2D eigenvalue weighted by Gasteiger charge is 2.61. The Bertz CT molecular complexity index is 239. The Labute approximate surface area is 83.2 Å². The summed E-state index contributed by atoms with van der Waals surface area (Å²) < 4.78 is 9.96. The Kier molecular flexibility index (Phi) is 2.27. The standard InChI is InChI=1S/C10H16O4/c1-13-8(11)9(3-2-4-9)10(12)5-6-14-7-10/h12H,2-7H2,1H3. The van der Waals surface area contributed by atoms with Gasteiger partial charge in [0.15, 0.2) is 0 Å². The third-order valence-electron chi connectivity index (χ3n) is 3.67. The molecular weight excluding hydrogens is 184 g/mol. The predicted molar refractivity (Wildman–Crippen MR) is 48.7 cm³/mol. The molecule has 1 N–H and O–H groups in total. The molecule has 0 aromatic rings. The number of rotatable bonds is 2. The largest absolute Gasteiger partial charge is 0.469 e. The van der Waals surface area contributed by atoms with Crippen molar-refractivity contribution in [3.63, 3.8) is 0 Å². The molecule has 1 aliphatic carbocycles. The summed E-state index contributed by atoms with van der Waals surface area (Å²) in [6.45, 7) is 0.803. The number of carbonyl (C=O) groups excluding carboxylic acids is 1. The van der Waals surface area contributed by atoms with E-state index in [0.29, 0.717) is 13.0 Å². The third kappa shape index (κ3) is 1.10. The van der Waals surface area contributed by atoms with E-state index in [1.165, 1.54) is 7.11 Å². The number of hydrogen-bond donors (Lipinski definition) is 1. The van der Waals surface area contributed by atoms with Crippen LogP contribution in [0.25, 0.3) is 0 Å². The van der Waals surface area contributed by atoms with Crippen molar-refractivity contribution in [3.05, 3.63) is 0 Å². The number of esters is 1. The van der Waals surface area contributed by atoms with Crippen LogP contribution in [0.4, 0.5) is 0 Å². The fraction of sp³-hybridized carbons (Fsp3) is 0.900. The van der Waals surface area contributed by atoms with E-state index in [-0.39, 0.29) is 12.6 Å². The van der Waals surface area contributed by atoms with E-state index in [2.05, 4.69) is 0 Å². The van der Waals surface area contributed by atoms with Gasteiger partial charge in [0.25, 0.3) is 0 Å². The van der Waals surface area contributed by atoms with Crippen LogP contribution in [0, 0.1) is 5.41 Å². The molecule has 4 heteroatoms. The molecule has 0 amide bonds. The number of aliphatic hydroxyl groups is 1. The van der Waals surface area contributed by atoms with Gasteiger partial charge in [0, 0.05) is 13.0 Å². The molecule has 2 fully saturated rings. The maximum absolute atomic E-state index is 11.7. The minimum absolute atomic E-state index is 0.266. The topological polar surface area (TPSA) is 55.8 Å². The maximum Gasteiger partial charge on any atom is 0.314 e. The summed E-state index contributed by atoms with van der Waals surface area (Å²) in [5.41, 5.74) is -1.67. The van der Waals surface area contributed by atoms with Gasteiger partial charge in [-0.25, -0.2) is 0 Å². The molecule has 0 aromatic carbocycles. The molecule has 4 nitrogen and oxygen atoms in total. The smallest absolute Gasteiger partial charge is 0.314 e. The molecule has 1 heterocycles. The molecule has 2 rings (SSSR count). The molecule has 2 aliphatic rings. The average molecular weight is 200 g/mol. The average Bonchev–Trinajstić information content (AvgIpc) is 2.50. The van der Waals surface area contributed by atoms with E-state index in [0.717, 1.165) is 19.3 Å². The number of hydrogen-bond acceptors (Lipinski definition) is 4. The molecule has 0 radical (unpaired) electrons. The van der Waals surface area contributed by atoms with E-state index in [1.54, 1.807) is 0 Å². The zero-order valence-electron chi connectivity index (χ0n) is 8.41. The van der Waals surface area contributed by atoms with Crippen molar-refractivity contribution in [1.29, 1.82) is 0 Å². The van der Waals surface area contributed by atoms with E-state index in [9.17, 15) is 9.90 Å². The van der Waals surface area contributed by atoms with Gasteiger partial charge in [-0.1, -0.05) is 6.42 Å². The van der Waals surface area contributed by atoms with Gasteiger partial charge in [-0.15, -0.1) is 0 Å². The summed E-state index contributed by atoms with van der Waals surface area (Å²) in [6.07, 6.45) is 2.97. The van der Waals surface area contributed by atoms with E-state index >= 15 is 0 Å². The van der Waals surface area contributed by atoms with Crippen LogP contribution < -0.4 is 0 Å². The molecular formula is C10H16O4. The minimum Gasteiger partial charge on any atom is -0.469 e. The van der Waals surface area contributed by atoms with Crippen molar-refractivity contribution in [3.8, 4) is 0 Å². The Balaban J connectivity index is 2.23. The SMILES string of the molecule is COC(=O)C1(C2(O)CCOC2)CCC1. The number of carbonyl (C=O) groups is 1. The first kappa shape index (κ1) is 9.93. The summed E-state index contributed by atoms with van der Waals surface area (Å²) >= 11 is 0.